The predicted molar refractivity (Wildman–Crippen MR) is 110 cm³/mol. The van der Waals surface area contributed by atoms with E-state index in [9.17, 15) is 4.79 Å². The van der Waals surface area contributed by atoms with Gasteiger partial charge in [-0.25, -0.2) is 10.4 Å². The van der Waals surface area contributed by atoms with Crippen molar-refractivity contribution in [1.82, 2.24) is 5.43 Å². The molecule has 2 aromatic carbocycles. The SMILES string of the molecule is C=N/C(=N\OCC(=O)N/N=C/c1cc(OC)cc(OC)c1)c1ccc(OC)cc1. The largest absolute Gasteiger partial charge is 0.497 e. The molecular formula is C20H22N4O5. The lowest BCUT2D eigenvalue weighted by atomic mass is 10.2. The Morgan fingerprint density at radius 2 is 1.62 bits per heavy atom. The second-order valence-corrected chi connectivity index (χ2v) is 5.51. The topological polar surface area (TPSA) is 103 Å². The van der Waals surface area contributed by atoms with Crippen LogP contribution in [-0.4, -0.2) is 52.6 Å². The number of aliphatic imine (C=N–C) groups is 1. The highest BCUT2D eigenvalue weighted by Gasteiger charge is 2.05. The molecule has 0 atom stereocenters. The maximum absolute atomic E-state index is 11.8. The number of hydrazone groups is 1. The van der Waals surface area contributed by atoms with E-state index >= 15 is 0 Å². The molecular weight excluding hydrogens is 376 g/mol. The number of methoxy groups -OCH3 is 3. The summed E-state index contributed by atoms with van der Waals surface area (Å²) in [5.74, 6) is 1.67. The first-order chi connectivity index (χ1) is 14.1. The molecule has 9 nitrogen and oxygen atoms in total. The van der Waals surface area contributed by atoms with Gasteiger partial charge in [-0.05, 0) is 43.1 Å². The van der Waals surface area contributed by atoms with E-state index in [1.54, 1.807) is 63.8 Å². The van der Waals surface area contributed by atoms with Crippen molar-refractivity contribution >= 4 is 24.7 Å². The summed E-state index contributed by atoms with van der Waals surface area (Å²) < 4.78 is 15.4. The van der Waals surface area contributed by atoms with Crippen LogP contribution in [-0.2, 0) is 9.63 Å². The van der Waals surface area contributed by atoms with Gasteiger partial charge < -0.3 is 19.0 Å². The van der Waals surface area contributed by atoms with Gasteiger partial charge in [-0.2, -0.15) is 5.10 Å². The number of amides is 1. The molecule has 0 aliphatic heterocycles. The van der Waals surface area contributed by atoms with E-state index in [0.29, 0.717) is 28.4 Å². The third-order valence-corrected chi connectivity index (χ3v) is 3.62. The monoisotopic (exact) mass is 398 g/mol. The predicted octanol–water partition coefficient (Wildman–Crippen LogP) is 2.24. The maximum Gasteiger partial charge on any atom is 0.280 e. The number of carbonyl (C=O) groups excluding carboxylic acids is 1. The number of ether oxygens (including phenoxy) is 3. The van der Waals surface area contributed by atoms with E-state index in [2.05, 4.69) is 27.4 Å². The lowest BCUT2D eigenvalue weighted by Crippen LogP contribution is -2.22. The first-order valence-electron chi connectivity index (χ1n) is 8.45. The van der Waals surface area contributed by atoms with Crippen LogP contribution in [0.3, 0.4) is 0 Å². The van der Waals surface area contributed by atoms with E-state index < -0.39 is 5.91 Å². The number of nitrogens with one attached hydrogen (secondary N) is 1. The van der Waals surface area contributed by atoms with Gasteiger partial charge in [0.25, 0.3) is 5.91 Å². The second-order valence-electron chi connectivity index (χ2n) is 5.51. The number of carbonyl (C=O) groups is 1. The summed E-state index contributed by atoms with van der Waals surface area (Å²) in [5, 5.41) is 7.69. The van der Waals surface area contributed by atoms with Crippen molar-refractivity contribution in [1.29, 1.82) is 0 Å². The third-order valence-electron chi connectivity index (χ3n) is 3.62. The summed E-state index contributed by atoms with van der Waals surface area (Å²) in [5.41, 5.74) is 3.71. The molecule has 1 amide bonds. The van der Waals surface area contributed by atoms with Gasteiger partial charge >= 0.3 is 0 Å². The summed E-state index contributed by atoms with van der Waals surface area (Å²) >= 11 is 0. The lowest BCUT2D eigenvalue weighted by Gasteiger charge is -2.05. The zero-order valence-corrected chi connectivity index (χ0v) is 16.4. The van der Waals surface area contributed by atoms with Crippen molar-refractivity contribution in [3.8, 4) is 17.2 Å². The maximum atomic E-state index is 11.8. The summed E-state index contributed by atoms with van der Waals surface area (Å²) in [7, 11) is 4.67. The van der Waals surface area contributed by atoms with Crippen LogP contribution in [0.15, 0.2) is 57.7 Å². The molecule has 0 unspecified atom stereocenters. The Morgan fingerprint density at radius 3 is 2.17 bits per heavy atom. The Bertz CT molecular complexity index is 872. The third kappa shape index (κ3) is 6.65. The zero-order valence-electron chi connectivity index (χ0n) is 16.4. The van der Waals surface area contributed by atoms with Crippen LogP contribution in [0.25, 0.3) is 0 Å². The molecule has 2 aromatic rings. The Hall–Kier alpha value is -3.88. The lowest BCUT2D eigenvalue weighted by molar-refractivity contribution is -0.125. The van der Waals surface area contributed by atoms with Gasteiger partial charge in [0.1, 0.15) is 17.2 Å². The molecule has 1 N–H and O–H groups in total. The van der Waals surface area contributed by atoms with Crippen LogP contribution in [0.2, 0.25) is 0 Å². The molecule has 9 heteroatoms. The fraction of sp³-hybridized carbons (Fsp3) is 0.200. The number of hydrogen-bond acceptors (Lipinski definition) is 7. The van der Waals surface area contributed by atoms with Crippen molar-refractivity contribution < 1.29 is 23.8 Å². The molecule has 152 valence electrons. The van der Waals surface area contributed by atoms with E-state index in [-0.39, 0.29) is 12.4 Å². The molecule has 0 radical (unpaired) electrons. The van der Waals surface area contributed by atoms with Gasteiger partial charge in [0.2, 0.25) is 0 Å². The molecule has 0 aliphatic carbocycles. The molecule has 0 aliphatic rings. The van der Waals surface area contributed by atoms with Crippen molar-refractivity contribution in [3.05, 3.63) is 53.6 Å². The van der Waals surface area contributed by atoms with Crippen molar-refractivity contribution in [2.24, 2.45) is 15.2 Å². The molecule has 0 saturated heterocycles. The number of hydrogen-bond donors (Lipinski definition) is 1. The van der Waals surface area contributed by atoms with Crippen molar-refractivity contribution in [3.63, 3.8) is 0 Å². The molecule has 0 spiro atoms. The van der Waals surface area contributed by atoms with Crippen LogP contribution in [0, 0.1) is 0 Å². The minimum atomic E-state index is -0.488. The number of benzene rings is 2. The Balaban J connectivity index is 1.89. The molecule has 2 rings (SSSR count). The summed E-state index contributed by atoms with van der Waals surface area (Å²) in [6, 6.07) is 12.2. The number of rotatable bonds is 9. The van der Waals surface area contributed by atoms with Gasteiger partial charge in [-0.3, -0.25) is 4.79 Å². The molecule has 0 fully saturated rings. The average Bonchev–Trinajstić information content (AvgIpc) is 2.76. The van der Waals surface area contributed by atoms with Gasteiger partial charge in [0, 0.05) is 17.2 Å². The van der Waals surface area contributed by atoms with Crippen LogP contribution in [0.4, 0.5) is 0 Å². The summed E-state index contributed by atoms with van der Waals surface area (Å²) in [6.45, 7) is 3.11. The fourth-order valence-electron chi connectivity index (χ4n) is 2.18. The highest BCUT2D eigenvalue weighted by atomic mass is 16.6. The minimum absolute atomic E-state index is 0.243. The number of oxime groups is 1. The molecule has 29 heavy (non-hydrogen) atoms. The quantitative estimate of drug-likeness (QED) is 0.396. The smallest absolute Gasteiger partial charge is 0.280 e. The van der Waals surface area contributed by atoms with Crippen LogP contribution in [0.1, 0.15) is 11.1 Å². The van der Waals surface area contributed by atoms with E-state index in [1.165, 1.54) is 6.21 Å². The molecule has 0 heterocycles. The van der Waals surface area contributed by atoms with Crippen LogP contribution in [0.5, 0.6) is 17.2 Å². The molecule has 0 saturated carbocycles. The number of nitrogens with zero attached hydrogens (tertiary/aromatic N) is 3. The zero-order chi connectivity index (χ0) is 21.1. The highest BCUT2D eigenvalue weighted by Crippen LogP contribution is 2.21. The Morgan fingerprint density at radius 1 is 1.00 bits per heavy atom. The normalized spacial score (nSPS) is 11.1. The van der Waals surface area contributed by atoms with Gasteiger partial charge in [-0.15, -0.1) is 0 Å². The second kappa shape index (κ2) is 11.1. The fourth-order valence-corrected chi connectivity index (χ4v) is 2.18. The molecule has 0 aromatic heterocycles. The summed E-state index contributed by atoms with van der Waals surface area (Å²) in [4.78, 5) is 20.7. The Kier molecular flexibility index (Phi) is 8.18. The van der Waals surface area contributed by atoms with Crippen LogP contribution < -0.4 is 19.6 Å². The first kappa shape index (κ1) is 21.4. The van der Waals surface area contributed by atoms with Gasteiger partial charge in [0.05, 0.1) is 27.5 Å². The van der Waals surface area contributed by atoms with Crippen molar-refractivity contribution in [2.45, 2.75) is 0 Å². The molecule has 0 bridgehead atoms. The van der Waals surface area contributed by atoms with Gasteiger partial charge in [0.15, 0.2) is 12.4 Å². The standard InChI is InChI=1S/C20H22N4O5/c1-21-20(15-5-7-16(26-2)8-6-15)24-29-13-19(25)23-22-12-14-9-17(27-3)11-18(10-14)28-4/h5-12H,1,13H2,2-4H3,(H,23,25)/b22-12+,24-20-. The van der Waals surface area contributed by atoms with E-state index in [4.69, 9.17) is 19.0 Å². The first-order valence-corrected chi connectivity index (χ1v) is 8.45. The minimum Gasteiger partial charge on any atom is -0.497 e. The number of amidine groups is 1. The van der Waals surface area contributed by atoms with E-state index in [0.717, 1.165) is 0 Å². The highest BCUT2D eigenvalue weighted by molar-refractivity contribution is 6.01. The average molecular weight is 398 g/mol. The van der Waals surface area contributed by atoms with Gasteiger partial charge in [-0.1, -0.05) is 5.16 Å². The van der Waals surface area contributed by atoms with E-state index in [1.807, 2.05) is 0 Å². The van der Waals surface area contributed by atoms with Crippen molar-refractivity contribution in [2.75, 3.05) is 27.9 Å². The van der Waals surface area contributed by atoms with Crippen LogP contribution >= 0.6 is 0 Å². The summed E-state index contributed by atoms with van der Waals surface area (Å²) in [6.07, 6.45) is 1.46. The Labute approximate surface area is 168 Å².